The summed E-state index contributed by atoms with van der Waals surface area (Å²) in [5.41, 5.74) is 3.92. The van der Waals surface area contributed by atoms with Gasteiger partial charge in [-0.15, -0.1) is 0 Å². The van der Waals surface area contributed by atoms with E-state index in [-0.39, 0.29) is 35.9 Å². The number of hydrogen-bond donors (Lipinski definition) is 1. The third-order valence-electron chi connectivity index (χ3n) is 9.74. The fraction of sp³-hybridized carbons (Fsp3) is 0.548. The molecule has 4 aliphatic carbocycles. The number of anilines is 1. The van der Waals surface area contributed by atoms with Crippen molar-refractivity contribution in [2.75, 3.05) is 25.6 Å². The number of Topliss-reactive ketones (excluding diaryl/α,β-unsaturated/α-hetero) is 1. The number of carbonyl (C=O) groups excluding carboxylic acids is 2. The Bertz CT molecular complexity index is 1220. The molecule has 2 saturated carbocycles. The van der Waals surface area contributed by atoms with Crippen LogP contribution in [0.1, 0.15) is 63.9 Å². The van der Waals surface area contributed by atoms with Gasteiger partial charge < -0.3 is 10.0 Å². The van der Waals surface area contributed by atoms with Gasteiger partial charge in [0.1, 0.15) is 18.6 Å². The van der Waals surface area contributed by atoms with E-state index < -0.39 is 17.0 Å². The molecule has 6 atom stereocenters. The van der Waals surface area contributed by atoms with Crippen molar-refractivity contribution >= 4 is 17.3 Å². The Morgan fingerprint density at radius 1 is 1.22 bits per heavy atom. The van der Waals surface area contributed by atoms with Crippen LogP contribution in [0.25, 0.3) is 0 Å². The molecule has 1 unspecified atom stereocenters. The lowest BCUT2D eigenvalue weighted by molar-refractivity contribution is -0.130. The van der Waals surface area contributed by atoms with Crippen molar-refractivity contribution in [2.45, 2.75) is 64.5 Å². The minimum atomic E-state index is -1.16. The molecule has 4 nitrogen and oxygen atoms in total. The summed E-state index contributed by atoms with van der Waals surface area (Å²) in [6.45, 7) is 3.53. The van der Waals surface area contributed by atoms with E-state index in [1.54, 1.807) is 13.0 Å². The summed E-state index contributed by atoms with van der Waals surface area (Å²) in [4.78, 5) is 27.6. The van der Waals surface area contributed by atoms with Gasteiger partial charge in [0, 0.05) is 32.1 Å². The Labute approximate surface area is 213 Å². The lowest BCUT2D eigenvalue weighted by atomic mass is 9.48. The van der Waals surface area contributed by atoms with Crippen LogP contribution >= 0.6 is 0 Å². The Hall–Kier alpha value is -2.71. The van der Waals surface area contributed by atoms with Crippen LogP contribution in [0.3, 0.4) is 0 Å². The molecule has 5 rings (SSSR count). The fourth-order valence-electron chi connectivity index (χ4n) is 8.03. The molecule has 36 heavy (non-hydrogen) atoms. The number of benzene rings is 1. The topological polar surface area (TPSA) is 57.6 Å². The summed E-state index contributed by atoms with van der Waals surface area (Å²) >= 11 is 0. The maximum Gasteiger partial charge on any atom is 0.156 e. The monoisotopic (exact) mass is 489 g/mol. The van der Waals surface area contributed by atoms with Gasteiger partial charge >= 0.3 is 0 Å². The molecule has 2 fully saturated rings. The Kier molecular flexibility index (Phi) is 6.24. The van der Waals surface area contributed by atoms with Gasteiger partial charge in [-0.3, -0.25) is 9.59 Å². The highest BCUT2D eigenvalue weighted by molar-refractivity contribution is 5.93. The van der Waals surface area contributed by atoms with Crippen LogP contribution in [0.5, 0.6) is 0 Å². The number of allylic oxidation sites excluding steroid dienone is 4. The maximum atomic E-state index is 15.7. The van der Waals surface area contributed by atoms with Gasteiger partial charge in [-0.25, -0.2) is 4.39 Å². The third kappa shape index (κ3) is 3.60. The molecule has 4 aliphatic rings. The van der Waals surface area contributed by atoms with Crippen LogP contribution in [0.2, 0.25) is 0 Å². The quantitative estimate of drug-likeness (QED) is 0.595. The van der Waals surface area contributed by atoms with E-state index >= 15 is 4.39 Å². The number of rotatable bonds is 3. The summed E-state index contributed by atoms with van der Waals surface area (Å²) in [7, 11) is 4.03. The predicted molar refractivity (Wildman–Crippen MR) is 139 cm³/mol. The molecule has 0 aliphatic heterocycles. The smallest absolute Gasteiger partial charge is 0.156 e. The van der Waals surface area contributed by atoms with E-state index in [2.05, 4.69) is 47.9 Å². The third-order valence-corrected chi connectivity index (χ3v) is 9.74. The second-order valence-electron chi connectivity index (χ2n) is 11.5. The van der Waals surface area contributed by atoms with Gasteiger partial charge in [0.15, 0.2) is 5.78 Å². The molecule has 1 aromatic carbocycles. The van der Waals surface area contributed by atoms with E-state index in [0.29, 0.717) is 31.3 Å². The summed E-state index contributed by atoms with van der Waals surface area (Å²) in [6, 6.07) is 8.56. The zero-order valence-corrected chi connectivity index (χ0v) is 21.7. The van der Waals surface area contributed by atoms with Crippen molar-refractivity contribution in [3.63, 3.8) is 0 Å². The molecule has 0 radical (unpaired) electrons. The standard InChI is InChI=1S/C31H36FNO3/c1-19(35)31(13-5-15-34)14-12-27-25-17-28(32)24-16-22(36)10-11-23(24)29(25)26(18-30(27,31)2)20-6-8-21(9-7-20)33(3)4/h6-9,16,25-28,34H,10-12,14-15,17-18H2,1-4H3/t25-,26+,27-,28?,30-,31+/m0/s1. The zero-order chi connectivity index (χ0) is 25.8. The summed E-state index contributed by atoms with van der Waals surface area (Å²) in [5.74, 6) is 6.27. The Morgan fingerprint density at radius 3 is 2.58 bits per heavy atom. The first-order chi connectivity index (χ1) is 17.1. The summed E-state index contributed by atoms with van der Waals surface area (Å²) in [5, 5.41) is 9.50. The van der Waals surface area contributed by atoms with Gasteiger partial charge in [0.2, 0.25) is 0 Å². The average Bonchev–Trinajstić information content (AvgIpc) is 3.15. The van der Waals surface area contributed by atoms with Gasteiger partial charge in [-0.2, -0.15) is 0 Å². The van der Waals surface area contributed by atoms with Crippen molar-refractivity contribution in [1.82, 2.24) is 0 Å². The van der Waals surface area contributed by atoms with Gasteiger partial charge in [0.05, 0.1) is 5.41 Å². The number of nitrogens with zero attached hydrogens (tertiary/aromatic N) is 1. The van der Waals surface area contributed by atoms with Crippen LogP contribution < -0.4 is 4.90 Å². The highest BCUT2D eigenvalue weighted by Gasteiger charge is 2.65. The molecular weight excluding hydrogens is 453 g/mol. The molecule has 0 saturated heterocycles. The van der Waals surface area contributed by atoms with E-state index in [0.717, 1.165) is 24.1 Å². The minimum absolute atomic E-state index is 0.00905. The average molecular weight is 490 g/mol. The van der Waals surface area contributed by atoms with E-state index in [1.807, 2.05) is 14.1 Å². The first-order valence-electron chi connectivity index (χ1n) is 13.1. The number of fused-ring (bicyclic) bond motifs is 4. The zero-order valence-electron chi connectivity index (χ0n) is 21.7. The molecule has 1 N–H and O–H groups in total. The highest BCUT2D eigenvalue weighted by atomic mass is 19.1. The second-order valence-corrected chi connectivity index (χ2v) is 11.5. The number of aliphatic hydroxyl groups is 1. The molecule has 0 amide bonds. The number of hydrogen-bond acceptors (Lipinski definition) is 4. The fourth-order valence-corrected chi connectivity index (χ4v) is 8.03. The Balaban J connectivity index is 1.72. The minimum Gasteiger partial charge on any atom is -0.384 e. The van der Waals surface area contributed by atoms with Gasteiger partial charge in [0.25, 0.3) is 0 Å². The van der Waals surface area contributed by atoms with Crippen LogP contribution in [-0.4, -0.2) is 43.5 Å². The number of aliphatic hydroxyl groups excluding tert-OH is 1. The van der Waals surface area contributed by atoms with Crippen molar-refractivity contribution in [3.05, 3.63) is 52.6 Å². The van der Waals surface area contributed by atoms with Gasteiger partial charge in [-0.05, 0) is 91.2 Å². The van der Waals surface area contributed by atoms with Crippen LogP contribution in [-0.2, 0) is 9.59 Å². The Morgan fingerprint density at radius 2 is 1.94 bits per heavy atom. The van der Waals surface area contributed by atoms with Crippen LogP contribution in [0.15, 0.2) is 47.1 Å². The van der Waals surface area contributed by atoms with Crippen molar-refractivity contribution in [2.24, 2.45) is 22.7 Å². The van der Waals surface area contributed by atoms with Crippen LogP contribution in [0, 0.1) is 34.5 Å². The molecule has 5 heteroatoms. The van der Waals surface area contributed by atoms with Crippen LogP contribution in [0.4, 0.5) is 10.1 Å². The maximum absolute atomic E-state index is 15.7. The summed E-state index contributed by atoms with van der Waals surface area (Å²) in [6.07, 6.45) is 3.96. The normalized spacial score (nSPS) is 35.2. The van der Waals surface area contributed by atoms with Crippen molar-refractivity contribution in [3.8, 4) is 11.8 Å². The lowest BCUT2D eigenvalue weighted by Gasteiger charge is -2.55. The number of carbonyl (C=O) groups is 2. The van der Waals surface area contributed by atoms with E-state index in [4.69, 9.17) is 0 Å². The van der Waals surface area contributed by atoms with E-state index in [9.17, 15) is 14.7 Å². The number of ketones is 2. The van der Waals surface area contributed by atoms with Crippen molar-refractivity contribution < 1.29 is 19.1 Å². The molecule has 0 heterocycles. The second kappa shape index (κ2) is 8.99. The van der Waals surface area contributed by atoms with E-state index in [1.165, 1.54) is 11.1 Å². The molecule has 190 valence electrons. The first-order valence-corrected chi connectivity index (χ1v) is 13.1. The molecule has 0 spiro atoms. The number of halogens is 1. The molecular formula is C31H36FNO3. The molecule has 1 aromatic rings. The molecule has 0 aromatic heterocycles. The van der Waals surface area contributed by atoms with Gasteiger partial charge in [-0.1, -0.05) is 36.5 Å². The predicted octanol–water partition coefficient (Wildman–Crippen LogP) is 5.17. The molecule has 0 bridgehead atoms. The largest absolute Gasteiger partial charge is 0.384 e. The highest BCUT2D eigenvalue weighted by Crippen LogP contribution is 2.69. The summed E-state index contributed by atoms with van der Waals surface area (Å²) < 4.78 is 15.7. The lowest BCUT2D eigenvalue weighted by Crippen LogP contribution is -2.51. The number of alkyl halides is 1. The first kappa shape index (κ1) is 25.0. The SMILES string of the molecule is CC(=O)[C@@]1(C#CCO)CC[C@H]2[C@@H]3CC(F)C4=CC(=O)CCC4=C3[C@@H](c3ccc(N(C)C)cc3)C[C@@]21C. The van der Waals surface area contributed by atoms with Crippen molar-refractivity contribution in [1.29, 1.82) is 0 Å².